The Hall–Kier alpha value is -4.85. The molecule has 13 heteroatoms. The molecule has 0 amide bonds. The second-order valence-corrected chi connectivity index (χ2v) is 16.3. The number of sulfone groups is 1. The van der Waals surface area contributed by atoms with Crippen LogP contribution in [-0.2, 0) is 48.0 Å². The van der Waals surface area contributed by atoms with Gasteiger partial charge in [0.05, 0.1) is 23.6 Å². The van der Waals surface area contributed by atoms with E-state index in [4.69, 9.17) is 14.5 Å². The molecule has 0 bridgehead atoms. The minimum absolute atomic E-state index is 0.0196. The molecule has 0 aliphatic carbocycles. The van der Waals surface area contributed by atoms with E-state index in [1.54, 1.807) is 55.5 Å². The van der Waals surface area contributed by atoms with Gasteiger partial charge in [-0.15, -0.1) is 11.3 Å². The number of ether oxygens (including phenoxy) is 2. The van der Waals surface area contributed by atoms with Crippen molar-refractivity contribution in [2.45, 2.75) is 36.8 Å². The molecule has 0 atom stereocenters. The van der Waals surface area contributed by atoms with Crippen LogP contribution in [0.1, 0.15) is 35.7 Å². The van der Waals surface area contributed by atoms with Gasteiger partial charge >= 0.3 is 5.97 Å². The average Bonchev–Trinajstić information content (AvgIpc) is 3.72. The van der Waals surface area contributed by atoms with E-state index in [9.17, 15) is 21.6 Å². The van der Waals surface area contributed by atoms with Gasteiger partial charge in [0.1, 0.15) is 15.7 Å². The number of halogens is 1. The number of aromatic nitrogens is 2. The Labute approximate surface area is 293 Å². The van der Waals surface area contributed by atoms with Crippen molar-refractivity contribution in [1.82, 2.24) is 8.96 Å². The van der Waals surface area contributed by atoms with Gasteiger partial charge in [0.2, 0.25) is 10.0 Å². The van der Waals surface area contributed by atoms with Crippen LogP contribution in [0.3, 0.4) is 0 Å². The van der Waals surface area contributed by atoms with Gasteiger partial charge in [0.25, 0.3) is 0 Å². The maximum Gasteiger partial charge on any atom is 0.306 e. The molecule has 6 rings (SSSR count). The number of carbonyl (C=O) groups is 1. The summed E-state index contributed by atoms with van der Waals surface area (Å²) in [6, 6.07) is 25.5. The highest BCUT2D eigenvalue weighted by atomic mass is 32.2. The number of esters is 1. The third-order valence-electron chi connectivity index (χ3n) is 7.84. The molecule has 0 fully saturated rings. The van der Waals surface area contributed by atoms with Gasteiger partial charge in [-0.05, 0) is 48.2 Å². The quantitative estimate of drug-likeness (QED) is 0.112. The minimum atomic E-state index is -4.10. The number of hydrogen-bond donors (Lipinski definition) is 0. The van der Waals surface area contributed by atoms with Gasteiger partial charge in [-0.1, -0.05) is 66.7 Å². The second kappa shape index (κ2) is 14.6. The molecule has 9 nitrogen and oxygen atoms in total. The number of fused-ring (bicyclic) bond motifs is 1. The summed E-state index contributed by atoms with van der Waals surface area (Å²) < 4.78 is 80.5. The monoisotopic (exact) mass is 732 g/mol. The summed E-state index contributed by atoms with van der Waals surface area (Å²) in [6.07, 6.45) is 3.61. The topological polar surface area (TPSA) is 122 Å². The molecular formula is C37H33FN2O7S3. The van der Waals surface area contributed by atoms with Crippen molar-refractivity contribution in [3.8, 4) is 22.1 Å². The molecule has 0 unspecified atom stereocenters. The first-order valence-electron chi connectivity index (χ1n) is 15.7. The summed E-state index contributed by atoms with van der Waals surface area (Å²) in [5, 5.41) is 2.65. The molecule has 2 aromatic heterocycles. The lowest BCUT2D eigenvalue weighted by Crippen LogP contribution is -2.14. The molecule has 0 spiro atoms. The van der Waals surface area contributed by atoms with E-state index in [0.717, 1.165) is 33.1 Å². The molecule has 0 saturated heterocycles. The van der Waals surface area contributed by atoms with E-state index >= 15 is 4.39 Å². The standard InChI is InChI=1S/C37H33FN2O7S3/c1-3-46-34(41)16-15-25-11-7-12-27(19-25)20-29-23-48-37(39-29)28-13-8-14-30(21-28)47-35-32(38)22-33-31(36(35)49(2,42)43)17-18-40(33)50(44,45)24-26-9-5-4-6-10-26/h4-14,17-19,21-23H,3,15-16,20,24H2,1-2H3. The number of nitrogens with zero attached hydrogens (tertiary/aromatic N) is 2. The second-order valence-electron chi connectivity index (χ2n) is 11.7. The third-order valence-corrected chi connectivity index (χ3v) is 11.5. The molecule has 2 heterocycles. The van der Waals surface area contributed by atoms with Crippen molar-refractivity contribution in [2.75, 3.05) is 12.9 Å². The van der Waals surface area contributed by atoms with Gasteiger partial charge in [0, 0.05) is 47.7 Å². The molecule has 258 valence electrons. The Bertz CT molecular complexity index is 2400. The molecule has 0 N–H and O–H groups in total. The van der Waals surface area contributed by atoms with Crippen LogP contribution in [-0.4, -0.2) is 44.6 Å². The average molecular weight is 733 g/mol. The lowest BCUT2D eigenvalue weighted by Gasteiger charge is -2.14. The summed E-state index contributed by atoms with van der Waals surface area (Å²) >= 11 is 1.42. The van der Waals surface area contributed by atoms with Crippen LogP contribution in [0.4, 0.5) is 4.39 Å². The van der Waals surface area contributed by atoms with Crippen molar-refractivity contribution in [1.29, 1.82) is 0 Å². The van der Waals surface area contributed by atoms with E-state index < -0.39 is 36.3 Å². The van der Waals surface area contributed by atoms with Gasteiger partial charge in [-0.25, -0.2) is 30.2 Å². The number of hydrogen-bond acceptors (Lipinski definition) is 9. The van der Waals surface area contributed by atoms with E-state index in [1.165, 1.54) is 23.6 Å². The van der Waals surface area contributed by atoms with E-state index in [1.807, 2.05) is 35.7 Å². The van der Waals surface area contributed by atoms with Crippen molar-refractivity contribution in [2.24, 2.45) is 0 Å². The predicted molar refractivity (Wildman–Crippen MR) is 191 cm³/mol. The first-order chi connectivity index (χ1) is 23.9. The SMILES string of the molecule is CCOC(=O)CCc1cccc(Cc2csc(-c3cccc(Oc4c(F)cc5c(ccn5S(=O)(=O)Cc5ccccc5)c4S(C)(=O)=O)c3)n2)c1. The highest BCUT2D eigenvalue weighted by Crippen LogP contribution is 2.40. The fourth-order valence-electron chi connectivity index (χ4n) is 5.65. The maximum absolute atomic E-state index is 15.8. The molecule has 50 heavy (non-hydrogen) atoms. The van der Waals surface area contributed by atoms with Crippen LogP contribution in [0.2, 0.25) is 0 Å². The Balaban J connectivity index is 1.25. The normalized spacial score (nSPS) is 11.9. The zero-order valence-corrected chi connectivity index (χ0v) is 29.7. The summed E-state index contributed by atoms with van der Waals surface area (Å²) in [5.74, 6) is -1.97. The summed E-state index contributed by atoms with van der Waals surface area (Å²) in [7, 11) is -8.12. The molecule has 0 aliphatic heterocycles. The van der Waals surface area contributed by atoms with E-state index in [-0.39, 0.29) is 28.4 Å². The van der Waals surface area contributed by atoms with E-state index in [2.05, 4.69) is 0 Å². The lowest BCUT2D eigenvalue weighted by atomic mass is 10.0. The number of thiazole rings is 1. The fourth-order valence-corrected chi connectivity index (χ4v) is 8.97. The molecular weight excluding hydrogens is 700 g/mol. The smallest absolute Gasteiger partial charge is 0.306 e. The zero-order chi connectivity index (χ0) is 35.5. The highest BCUT2D eigenvalue weighted by Gasteiger charge is 2.28. The zero-order valence-electron chi connectivity index (χ0n) is 27.2. The Kier molecular flexibility index (Phi) is 10.2. The summed E-state index contributed by atoms with van der Waals surface area (Å²) in [6.45, 7) is 2.14. The highest BCUT2D eigenvalue weighted by molar-refractivity contribution is 7.91. The Morgan fingerprint density at radius 1 is 0.900 bits per heavy atom. The number of carbonyl (C=O) groups excluding carboxylic acids is 1. The lowest BCUT2D eigenvalue weighted by molar-refractivity contribution is -0.143. The molecule has 0 saturated carbocycles. The van der Waals surface area contributed by atoms with Gasteiger partial charge in [-0.2, -0.15) is 0 Å². The molecule has 6 aromatic rings. The van der Waals surface area contributed by atoms with Crippen molar-refractivity contribution >= 4 is 48.1 Å². The van der Waals surface area contributed by atoms with Crippen LogP contribution in [0.5, 0.6) is 11.5 Å². The van der Waals surface area contributed by atoms with Crippen molar-refractivity contribution < 1.29 is 35.5 Å². The Morgan fingerprint density at radius 3 is 2.40 bits per heavy atom. The van der Waals surface area contributed by atoms with Gasteiger partial charge in [-0.3, -0.25) is 4.79 Å². The third kappa shape index (κ3) is 7.96. The predicted octanol–water partition coefficient (Wildman–Crippen LogP) is 7.56. The first kappa shape index (κ1) is 35.0. The minimum Gasteiger partial charge on any atom is -0.466 e. The van der Waals surface area contributed by atoms with Crippen LogP contribution in [0, 0.1) is 5.82 Å². The fraction of sp³-hybridized carbons (Fsp3) is 0.189. The molecule has 0 aliphatic rings. The number of rotatable bonds is 13. The van der Waals surface area contributed by atoms with Crippen LogP contribution in [0.15, 0.2) is 107 Å². The molecule has 0 radical (unpaired) electrons. The van der Waals surface area contributed by atoms with Crippen LogP contribution in [0.25, 0.3) is 21.5 Å². The van der Waals surface area contributed by atoms with Gasteiger partial charge < -0.3 is 9.47 Å². The number of benzene rings is 4. The number of aryl methyl sites for hydroxylation is 1. The van der Waals surface area contributed by atoms with Crippen LogP contribution < -0.4 is 4.74 Å². The Morgan fingerprint density at radius 2 is 1.64 bits per heavy atom. The molecule has 4 aromatic carbocycles. The van der Waals surface area contributed by atoms with E-state index in [0.29, 0.717) is 42.0 Å². The largest absolute Gasteiger partial charge is 0.466 e. The van der Waals surface area contributed by atoms with Crippen molar-refractivity contribution in [3.63, 3.8) is 0 Å². The summed E-state index contributed by atoms with van der Waals surface area (Å²) in [4.78, 5) is 16.1. The first-order valence-corrected chi connectivity index (χ1v) is 20.1. The summed E-state index contributed by atoms with van der Waals surface area (Å²) in [5.41, 5.74) is 4.01. The van der Waals surface area contributed by atoms with Gasteiger partial charge in [0.15, 0.2) is 21.4 Å². The maximum atomic E-state index is 15.8. The van der Waals surface area contributed by atoms with Crippen LogP contribution >= 0.6 is 11.3 Å². The van der Waals surface area contributed by atoms with Crippen molar-refractivity contribution in [3.05, 3.63) is 131 Å².